The predicted octanol–water partition coefficient (Wildman–Crippen LogP) is 2.59. The van der Waals surface area contributed by atoms with Crippen molar-refractivity contribution in [2.45, 2.75) is 6.61 Å². The first-order valence-electron chi connectivity index (χ1n) is 6.36. The van der Waals surface area contributed by atoms with Gasteiger partial charge in [0, 0.05) is 18.0 Å². The molecule has 0 unspecified atom stereocenters. The maximum atomic E-state index is 11.5. The zero-order chi connectivity index (χ0) is 13.8. The fraction of sp³-hybridized carbons (Fsp3) is 0.0625. The van der Waals surface area contributed by atoms with E-state index in [9.17, 15) is 4.79 Å². The molecule has 0 fully saturated rings. The van der Waals surface area contributed by atoms with Gasteiger partial charge in [-0.25, -0.2) is 0 Å². The summed E-state index contributed by atoms with van der Waals surface area (Å²) in [5.74, 6) is 0.402. The molecule has 0 atom stereocenters. The Hall–Kier alpha value is -2.75. The maximum Gasteiger partial charge on any atom is 0.252 e. The molecule has 0 saturated carbocycles. The zero-order valence-electron chi connectivity index (χ0n) is 10.8. The summed E-state index contributed by atoms with van der Waals surface area (Å²) < 4.78 is 5.72. The molecule has 20 heavy (non-hydrogen) atoms. The number of benzene rings is 1. The van der Waals surface area contributed by atoms with Gasteiger partial charge in [-0.15, -0.1) is 0 Å². The van der Waals surface area contributed by atoms with E-state index in [4.69, 9.17) is 4.74 Å². The summed E-state index contributed by atoms with van der Waals surface area (Å²) >= 11 is 0. The van der Waals surface area contributed by atoms with Gasteiger partial charge in [-0.1, -0.05) is 30.3 Å². The van der Waals surface area contributed by atoms with Gasteiger partial charge in [0.1, 0.15) is 12.4 Å². The van der Waals surface area contributed by atoms with E-state index in [0.717, 1.165) is 11.3 Å². The summed E-state index contributed by atoms with van der Waals surface area (Å²) in [5.41, 5.74) is 2.65. The third-order valence-electron chi connectivity index (χ3n) is 2.94. The highest BCUT2D eigenvalue weighted by molar-refractivity contribution is 5.95. The largest absolute Gasteiger partial charge is 0.487 e. The van der Waals surface area contributed by atoms with E-state index < -0.39 is 0 Å². The topological polar surface area (TPSA) is 54.1 Å². The van der Waals surface area contributed by atoms with Crippen molar-refractivity contribution in [3.8, 4) is 0 Å². The Morgan fingerprint density at radius 1 is 1.10 bits per heavy atom. The Morgan fingerprint density at radius 2 is 1.95 bits per heavy atom. The highest BCUT2D eigenvalue weighted by Gasteiger charge is 2.19. The minimum atomic E-state index is -0.161. The Morgan fingerprint density at radius 3 is 2.70 bits per heavy atom. The van der Waals surface area contributed by atoms with Crippen LogP contribution in [0.3, 0.4) is 0 Å². The molecule has 0 radical (unpaired) electrons. The molecule has 100 valence electrons. The molecular weight excluding hydrogens is 252 g/mol. The molecule has 1 amide bonds. The van der Waals surface area contributed by atoms with E-state index in [1.54, 1.807) is 0 Å². The first-order valence-corrected chi connectivity index (χ1v) is 6.36. The molecule has 0 saturated heterocycles. The van der Waals surface area contributed by atoms with Gasteiger partial charge in [-0.3, -0.25) is 4.79 Å². The molecule has 4 heteroatoms. The number of aromatic amines is 1. The van der Waals surface area contributed by atoms with Gasteiger partial charge < -0.3 is 15.0 Å². The summed E-state index contributed by atoms with van der Waals surface area (Å²) in [6, 6.07) is 13.7. The lowest BCUT2D eigenvalue weighted by atomic mass is 10.2. The normalized spacial score (nSPS) is 16.1. The summed E-state index contributed by atoms with van der Waals surface area (Å²) in [4.78, 5) is 14.5. The van der Waals surface area contributed by atoms with Gasteiger partial charge in [0.15, 0.2) is 0 Å². The van der Waals surface area contributed by atoms with E-state index >= 15 is 0 Å². The summed E-state index contributed by atoms with van der Waals surface area (Å²) in [6.07, 6.45) is 5.15. The van der Waals surface area contributed by atoms with E-state index in [2.05, 4.69) is 10.3 Å². The zero-order valence-corrected chi connectivity index (χ0v) is 10.8. The van der Waals surface area contributed by atoms with Crippen molar-refractivity contribution in [2.75, 3.05) is 0 Å². The number of nitrogens with one attached hydrogen (secondary N) is 2. The molecule has 3 rings (SSSR count). The highest BCUT2D eigenvalue weighted by atomic mass is 16.5. The summed E-state index contributed by atoms with van der Waals surface area (Å²) in [6.45, 7) is 0.434. The first-order chi connectivity index (χ1) is 9.81. The number of carbonyl (C=O) groups is 1. The fourth-order valence-corrected chi connectivity index (χ4v) is 1.98. The van der Waals surface area contributed by atoms with Gasteiger partial charge in [0.25, 0.3) is 5.91 Å². The van der Waals surface area contributed by atoms with Crippen LogP contribution in [-0.4, -0.2) is 10.9 Å². The molecule has 0 spiro atoms. The minimum absolute atomic E-state index is 0.161. The second-order valence-corrected chi connectivity index (χ2v) is 4.46. The Kier molecular flexibility index (Phi) is 3.37. The van der Waals surface area contributed by atoms with Crippen LogP contribution in [0.2, 0.25) is 0 Å². The number of hydrogen-bond acceptors (Lipinski definition) is 2. The molecule has 1 aromatic carbocycles. The van der Waals surface area contributed by atoms with E-state index in [1.807, 2.05) is 54.7 Å². The molecule has 1 aliphatic heterocycles. The molecule has 4 nitrogen and oxygen atoms in total. The SMILES string of the molecule is O=C1C=C(OCc2ccccc2)/C(=C/c2ccc[nH]2)N1. The molecule has 2 N–H and O–H groups in total. The second-order valence-electron chi connectivity index (χ2n) is 4.46. The number of hydrogen-bond donors (Lipinski definition) is 2. The van der Waals surface area contributed by atoms with Crippen molar-refractivity contribution >= 4 is 12.0 Å². The number of ether oxygens (including phenoxy) is 1. The lowest BCUT2D eigenvalue weighted by Crippen LogP contribution is -2.13. The van der Waals surface area contributed by atoms with Crippen LogP contribution in [0.4, 0.5) is 0 Å². The molecular formula is C16H14N2O2. The summed E-state index contributed by atoms with van der Waals surface area (Å²) in [7, 11) is 0. The third-order valence-corrected chi connectivity index (χ3v) is 2.94. The van der Waals surface area contributed by atoms with E-state index in [1.165, 1.54) is 6.08 Å². The van der Waals surface area contributed by atoms with Crippen LogP contribution in [0.5, 0.6) is 0 Å². The van der Waals surface area contributed by atoms with E-state index in [0.29, 0.717) is 18.1 Å². The Labute approximate surface area is 116 Å². The first kappa shape index (κ1) is 12.3. The average Bonchev–Trinajstić information content (AvgIpc) is 3.08. The van der Waals surface area contributed by atoms with Gasteiger partial charge in [0.05, 0.1) is 5.70 Å². The Bertz CT molecular complexity index is 655. The molecule has 0 bridgehead atoms. The van der Waals surface area contributed by atoms with Crippen LogP contribution in [0.25, 0.3) is 6.08 Å². The van der Waals surface area contributed by atoms with Crippen molar-refractivity contribution in [1.82, 2.24) is 10.3 Å². The number of H-pyrrole nitrogens is 1. The second kappa shape index (κ2) is 5.48. The lowest BCUT2D eigenvalue weighted by Gasteiger charge is -2.08. The minimum Gasteiger partial charge on any atom is -0.487 e. The quantitative estimate of drug-likeness (QED) is 0.893. The van der Waals surface area contributed by atoms with Gasteiger partial charge in [-0.2, -0.15) is 0 Å². The number of carbonyl (C=O) groups excluding carboxylic acids is 1. The van der Waals surface area contributed by atoms with Crippen molar-refractivity contribution in [3.05, 3.63) is 77.5 Å². The summed E-state index contributed by atoms with van der Waals surface area (Å²) in [5, 5.41) is 2.76. The number of amides is 1. The van der Waals surface area contributed by atoms with Crippen LogP contribution in [-0.2, 0) is 16.1 Å². The highest BCUT2D eigenvalue weighted by Crippen LogP contribution is 2.19. The number of rotatable bonds is 4. The van der Waals surface area contributed by atoms with Crippen LogP contribution in [0, 0.1) is 0 Å². The average molecular weight is 266 g/mol. The van der Waals surface area contributed by atoms with Crippen molar-refractivity contribution < 1.29 is 9.53 Å². The van der Waals surface area contributed by atoms with Crippen LogP contribution in [0.1, 0.15) is 11.3 Å². The number of aromatic nitrogens is 1. The van der Waals surface area contributed by atoms with Crippen molar-refractivity contribution in [3.63, 3.8) is 0 Å². The standard InChI is InChI=1S/C16H14N2O2/c19-16-10-15(20-11-12-5-2-1-3-6-12)14(18-16)9-13-7-4-8-17-13/h1-10,17H,11H2,(H,18,19)/b14-9-. The lowest BCUT2D eigenvalue weighted by molar-refractivity contribution is -0.115. The van der Waals surface area contributed by atoms with Gasteiger partial charge in [-0.05, 0) is 23.8 Å². The molecule has 2 heterocycles. The van der Waals surface area contributed by atoms with Crippen LogP contribution in [0.15, 0.2) is 66.2 Å². The van der Waals surface area contributed by atoms with Gasteiger partial charge >= 0.3 is 0 Å². The molecule has 1 aromatic heterocycles. The molecule has 1 aliphatic rings. The van der Waals surface area contributed by atoms with Gasteiger partial charge in [0.2, 0.25) is 0 Å². The van der Waals surface area contributed by atoms with Crippen LogP contribution < -0.4 is 5.32 Å². The Balaban J connectivity index is 1.73. The molecule has 2 aromatic rings. The maximum absolute atomic E-state index is 11.5. The van der Waals surface area contributed by atoms with Crippen molar-refractivity contribution in [2.24, 2.45) is 0 Å². The smallest absolute Gasteiger partial charge is 0.252 e. The van der Waals surface area contributed by atoms with Crippen LogP contribution >= 0.6 is 0 Å². The monoisotopic (exact) mass is 266 g/mol. The third kappa shape index (κ3) is 2.80. The predicted molar refractivity (Wildman–Crippen MR) is 76.2 cm³/mol. The van der Waals surface area contributed by atoms with E-state index in [-0.39, 0.29) is 5.91 Å². The van der Waals surface area contributed by atoms with Crippen molar-refractivity contribution in [1.29, 1.82) is 0 Å². The molecule has 0 aliphatic carbocycles. The fourth-order valence-electron chi connectivity index (χ4n) is 1.98.